The van der Waals surface area contributed by atoms with E-state index in [0.29, 0.717) is 30.9 Å². The van der Waals surface area contributed by atoms with Gasteiger partial charge in [0.2, 0.25) is 5.91 Å². The van der Waals surface area contributed by atoms with Gasteiger partial charge in [0.05, 0.1) is 19.1 Å². The highest BCUT2D eigenvalue weighted by Crippen LogP contribution is 2.42. The molecule has 29 heavy (non-hydrogen) atoms. The van der Waals surface area contributed by atoms with Crippen molar-refractivity contribution in [2.24, 2.45) is 0 Å². The van der Waals surface area contributed by atoms with E-state index >= 15 is 0 Å². The number of anilines is 1. The lowest BCUT2D eigenvalue weighted by Crippen LogP contribution is -2.38. The zero-order valence-corrected chi connectivity index (χ0v) is 16.8. The Morgan fingerprint density at radius 2 is 1.79 bits per heavy atom. The molecule has 0 spiro atoms. The number of hydrogen-bond donors (Lipinski definition) is 1. The number of rotatable bonds is 7. The van der Waals surface area contributed by atoms with E-state index in [2.05, 4.69) is 5.32 Å². The Balaban J connectivity index is 1.88. The van der Waals surface area contributed by atoms with Gasteiger partial charge in [-0.05, 0) is 55.2 Å². The Kier molecular flexibility index (Phi) is 6.52. The van der Waals surface area contributed by atoms with Gasteiger partial charge in [0.15, 0.2) is 0 Å². The van der Waals surface area contributed by atoms with Gasteiger partial charge >= 0.3 is 5.97 Å². The first-order valence-electron chi connectivity index (χ1n) is 9.93. The van der Waals surface area contributed by atoms with Crippen molar-refractivity contribution in [2.45, 2.75) is 44.4 Å². The lowest BCUT2D eigenvalue weighted by atomic mass is 9.78. The Bertz CT molecular complexity index is 873. The van der Waals surface area contributed by atoms with E-state index in [0.717, 1.165) is 24.8 Å². The summed E-state index contributed by atoms with van der Waals surface area (Å²) in [5.41, 5.74) is 0.870. The average molecular weight is 399 g/mol. The maximum Gasteiger partial charge on any atom is 0.341 e. The van der Waals surface area contributed by atoms with E-state index in [1.54, 1.807) is 30.3 Å². The minimum atomic E-state index is -0.698. The van der Waals surface area contributed by atoms with Gasteiger partial charge in [-0.25, -0.2) is 9.18 Å². The van der Waals surface area contributed by atoms with Crippen molar-refractivity contribution in [1.29, 1.82) is 0 Å². The molecule has 154 valence electrons. The van der Waals surface area contributed by atoms with Crippen LogP contribution in [0.25, 0.3) is 0 Å². The van der Waals surface area contributed by atoms with Crippen molar-refractivity contribution in [3.05, 3.63) is 59.4 Å². The number of ether oxygens (including phenoxy) is 2. The third kappa shape index (κ3) is 4.42. The largest absolute Gasteiger partial charge is 0.493 e. The van der Waals surface area contributed by atoms with Crippen LogP contribution in [0, 0.1) is 5.82 Å². The molecule has 1 fully saturated rings. The highest BCUT2D eigenvalue weighted by molar-refractivity contribution is 6.01. The fourth-order valence-corrected chi connectivity index (χ4v) is 3.86. The molecule has 2 aromatic rings. The fraction of sp³-hybridized carbons (Fsp3) is 0.391. The van der Waals surface area contributed by atoms with Gasteiger partial charge in [0.1, 0.15) is 17.1 Å². The Morgan fingerprint density at radius 3 is 2.41 bits per heavy atom. The molecule has 0 aromatic heterocycles. The van der Waals surface area contributed by atoms with Crippen LogP contribution in [0.2, 0.25) is 0 Å². The van der Waals surface area contributed by atoms with Gasteiger partial charge in [0.25, 0.3) is 0 Å². The standard InChI is InChI=1S/C23H26FNO4/c1-3-14-29-20-11-10-18(15-19(20)21(26)28-2)25-22(27)23(12-4-5-13-23)16-6-8-17(24)9-7-16/h6-11,15H,3-5,12-14H2,1-2H3,(H,25,27). The van der Waals surface area contributed by atoms with Gasteiger partial charge in [-0.15, -0.1) is 0 Å². The third-order valence-electron chi connectivity index (χ3n) is 5.39. The molecule has 2 aromatic carbocycles. The number of hydrogen-bond acceptors (Lipinski definition) is 4. The Labute approximate surface area is 170 Å². The first-order chi connectivity index (χ1) is 14.0. The van der Waals surface area contributed by atoms with E-state index in [1.807, 2.05) is 6.92 Å². The molecule has 1 N–H and O–H groups in total. The molecule has 5 nitrogen and oxygen atoms in total. The molecule has 0 atom stereocenters. The van der Waals surface area contributed by atoms with Gasteiger partial charge < -0.3 is 14.8 Å². The monoisotopic (exact) mass is 399 g/mol. The molecule has 1 aliphatic rings. The van der Waals surface area contributed by atoms with E-state index in [-0.39, 0.29) is 17.3 Å². The van der Waals surface area contributed by atoms with Gasteiger partial charge in [-0.3, -0.25) is 4.79 Å². The molecule has 1 saturated carbocycles. The summed E-state index contributed by atoms with van der Waals surface area (Å²) in [4.78, 5) is 25.4. The van der Waals surface area contributed by atoms with Crippen LogP contribution in [0.5, 0.6) is 5.75 Å². The van der Waals surface area contributed by atoms with Gasteiger partial charge in [0, 0.05) is 5.69 Å². The third-order valence-corrected chi connectivity index (χ3v) is 5.39. The summed E-state index contributed by atoms with van der Waals surface area (Å²) in [6, 6.07) is 11.1. The number of carbonyl (C=O) groups is 2. The number of benzene rings is 2. The minimum absolute atomic E-state index is 0.153. The van der Waals surface area contributed by atoms with E-state index in [1.165, 1.54) is 19.2 Å². The number of carbonyl (C=O) groups excluding carboxylic acids is 2. The molecule has 3 rings (SSSR count). The molecular weight excluding hydrogens is 373 g/mol. The van der Waals surface area contributed by atoms with Crippen LogP contribution >= 0.6 is 0 Å². The molecule has 0 aliphatic heterocycles. The molecule has 1 amide bonds. The minimum Gasteiger partial charge on any atom is -0.493 e. The SMILES string of the molecule is CCCOc1ccc(NC(=O)C2(c3ccc(F)cc3)CCCC2)cc1C(=O)OC. The second-order valence-electron chi connectivity index (χ2n) is 7.30. The van der Waals surface area contributed by atoms with Gasteiger partial charge in [-0.1, -0.05) is 31.9 Å². The zero-order chi connectivity index (χ0) is 20.9. The summed E-state index contributed by atoms with van der Waals surface area (Å²) in [6.07, 6.45) is 4.07. The second-order valence-corrected chi connectivity index (χ2v) is 7.30. The Morgan fingerprint density at radius 1 is 1.10 bits per heavy atom. The van der Waals surface area contributed by atoms with E-state index in [4.69, 9.17) is 9.47 Å². The number of amides is 1. The summed E-state index contributed by atoms with van der Waals surface area (Å²) in [5.74, 6) is -0.584. The molecule has 0 unspecified atom stereocenters. The molecule has 1 aliphatic carbocycles. The maximum absolute atomic E-state index is 13.4. The maximum atomic E-state index is 13.4. The molecule has 0 bridgehead atoms. The number of esters is 1. The van der Waals surface area contributed by atoms with Crippen LogP contribution in [0.3, 0.4) is 0 Å². The van der Waals surface area contributed by atoms with Crippen LogP contribution in [-0.2, 0) is 14.9 Å². The topological polar surface area (TPSA) is 64.6 Å². The first-order valence-corrected chi connectivity index (χ1v) is 9.93. The molecular formula is C23H26FNO4. The van der Waals surface area contributed by atoms with Crippen molar-refractivity contribution in [3.63, 3.8) is 0 Å². The predicted octanol–water partition coefficient (Wildman–Crippen LogP) is 4.85. The lowest BCUT2D eigenvalue weighted by molar-refractivity contribution is -0.121. The van der Waals surface area contributed by atoms with Gasteiger partial charge in [-0.2, -0.15) is 0 Å². The smallest absolute Gasteiger partial charge is 0.341 e. The Hall–Kier alpha value is -2.89. The highest BCUT2D eigenvalue weighted by atomic mass is 19.1. The summed E-state index contributed by atoms with van der Waals surface area (Å²) in [7, 11) is 1.30. The summed E-state index contributed by atoms with van der Waals surface area (Å²) >= 11 is 0. The van der Waals surface area contributed by atoms with Crippen molar-refractivity contribution in [3.8, 4) is 5.75 Å². The van der Waals surface area contributed by atoms with Crippen LogP contribution < -0.4 is 10.1 Å². The lowest BCUT2D eigenvalue weighted by Gasteiger charge is -2.28. The summed E-state index contributed by atoms with van der Waals surface area (Å²) < 4.78 is 23.8. The van der Waals surface area contributed by atoms with Crippen molar-refractivity contribution < 1.29 is 23.5 Å². The van der Waals surface area contributed by atoms with E-state index < -0.39 is 11.4 Å². The first kappa shape index (κ1) is 20.8. The molecule has 0 heterocycles. The van der Waals surface area contributed by atoms with Crippen LogP contribution in [-0.4, -0.2) is 25.6 Å². The van der Waals surface area contributed by atoms with Crippen molar-refractivity contribution in [1.82, 2.24) is 0 Å². The summed E-state index contributed by atoms with van der Waals surface area (Å²) in [5, 5.41) is 2.94. The molecule has 0 saturated heterocycles. The number of halogens is 1. The van der Waals surface area contributed by atoms with Crippen molar-refractivity contribution in [2.75, 3.05) is 19.0 Å². The fourth-order valence-electron chi connectivity index (χ4n) is 3.86. The van der Waals surface area contributed by atoms with Crippen LogP contribution in [0.15, 0.2) is 42.5 Å². The molecule has 6 heteroatoms. The zero-order valence-electron chi connectivity index (χ0n) is 16.8. The highest BCUT2D eigenvalue weighted by Gasteiger charge is 2.42. The number of nitrogens with one attached hydrogen (secondary N) is 1. The number of methoxy groups -OCH3 is 1. The predicted molar refractivity (Wildman–Crippen MR) is 109 cm³/mol. The van der Waals surface area contributed by atoms with E-state index in [9.17, 15) is 14.0 Å². The van der Waals surface area contributed by atoms with Crippen LogP contribution in [0.1, 0.15) is 54.9 Å². The normalized spacial score (nSPS) is 15.0. The summed E-state index contributed by atoms with van der Waals surface area (Å²) in [6.45, 7) is 2.45. The molecule has 0 radical (unpaired) electrons. The second kappa shape index (κ2) is 9.07. The quantitative estimate of drug-likeness (QED) is 0.676. The van der Waals surface area contributed by atoms with Crippen molar-refractivity contribution >= 4 is 17.6 Å². The average Bonchev–Trinajstić information content (AvgIpc) is 3.24. The van der Waals surface area contributed by atoms with Crippen LogP contribution in [0.4, 0.5) is 10.1 Å².